The number of fused-ring (bicyclic) bond motifs is 1. The van der Waals surface area contributed by atoms with E-state index in [0.717, 1.165) is 16.9 Å². The highest BCUT2D eigenvalue weighted by molar-refractivity contribution is 7.07. The molecule has 0 spiro atoms. The molecule has 0 saturated heterocycles. The molecular formula is C32H28ClFN2O4S. The molecular weight excluding hydrogens is 563 g/mol. The van der Waals surface area contributed by atoms with Crippen LogP contribution >= 0.6 is 22.9 Å². The lowest BCUT2D eigenvalue weighted by Crippen LogP contribution is -2.40. The second kappa shape index (κ2) is 12.2. The van der Waals surface area contributed by atoms with E-state index in [-0.39, 0.29) is 33.2 Å². The normalized spacial score (nSPS) is 15.1. The molecule has 0 bridgehead atoms. The molecule has 4 aromatic rings. The third-order valence-corrected chi connectivity index (χ3v) is 7.82. The van der Waals surface area contributed by atoms with E-state index in [9.17, 15) is 14.0 Å². The molecule has 0 aliphatic carbocycles. The van der Waals surface area contributed by atoms with Gasteiger partial charge in [0.15, 0.2) is 4.80 Å². The number of nitrogens with zero attached hydrogens (tertiary/aromatic N) is 2. The van der Waals surface area contributed by atoms with Crippen molar-refractivity contribution in [3.05, 3.63) is 131 Å². The maximum Gasteiger partial charge on any atom is 0.338 e. The zero-order chi connectivity index (χ0) is 29.1. The smallest absolute Gasteiger partial charge is 0.338 e. The summed E-state index contributed by atoms with van der Waals surface area (Å²) >= 11 is 7.34. The molecule has 3 aromatic carbocycles. The highest BCUT2D eigenvalue weighted by Gasteiger charge is 2.33. The Labute approximate surface area is 245 Å². The number of rotatable bonds is 8. The largest absolute Gasteiger partial charge is 0.489 e. The molecule has 41 heavy (non-hydrogen) atoms. The van der Waals surface area contributed by atoms with Gasteiger partial charge in [-0.2, -0.15) is 0 Å². The van der Waals surface area contributed by atoms with Crippen molar-refractivity contribution in [1.29, 1.82) is 0 Å². The number of thiazole rings is 1. The second-order valence-corrected chi connectivity index (χ2v) is 11.5. The quantitative estimate of drug-likeness (QED) is 0.243. The van der Waals surface area contributed by atoms with Crippen LogP contribution in [0.4, 0.5) is 4.39 Å². The molecule has 6 nitrogen and oxygen atoms in total. The summed E-state index contributed by atoms with van der Waals surface area (Å²) in [5.74, 6) is -0.309. The number of benzene rings is 3. The highest BCUT2D eigenvalue weighted by atomic mass is 35.5. The third-order valence-electron chi connectivity index (χ3n) is 6.51. The number of hydrogen-bond donors (Lipinski definition) is 0. The summed E-state index contributed by atoms with van der Waals surface area (Å²) in [7, 11) is 0. The van der Waals surface area contributed by atoms with Crippen molar-refractivity contribution in [2.24, 2.45) is 10.9 Å². The molecule has 0 N–H and O–H groups in total. The SMILES string of the molecule is CC1=C(C(=O)OCC(C)C)C(c2ccc(OCc3ccccc3)cc2)n2c(s/c(=C\c3c(F)cccc3Cl)c2=O)=N1. The summed E-state index contributed by atoms with van der Waals surface area (Å²) in [5.41, 5.74) is 2.13. The van der Waals surface area contributed by atoms with Crippen molar-refractivity contribution in [2.75, 3.05) is 6.61 Å². The standard InChI is InChI=1S/C32H28ClFN2O4S/c1-19(2)17-40-31(38)28-20(3)35-32-36(30(37)27(41-32)16-24-25(33)10-7-11-26(24)34)29(28)22-12-14-23(15-13-22)39-18-21-8-5-4-6-9-21/h4-16,19,29H,17-18H2,1-3H3/b27-16-. The van der Waals surface area contributed by atoms with Gasteiger partial charge in [-0.3, -0.25) is 9.36 Å². The fraction of sp³-hybridized carbons (Fsp3) is 0.219. The predicted octanol–water partition coefficient (Wildman–Crippen LogP) is 5.81. The molecule has 1 atom stereocenters. The average Bonchev–Trinajstić information content (AvgIpc) is 3.26. The van der Waals surface area contributed by atoms with Crippen molar-refractivity contribution in [1.82, 2.24) is 4.57 Å². The Morgan fingerprint density at radius 3 is 2.51 bits per heavy atom. The number of hydrogen-bond acceptors (Lipinski definition) is 6. The minimum Gasteiger partial charge on any atom is -0.489 e. The van der Waals surface area contributed by atoms with Gasteiger partial charge in [0.25, 0.3) is 5.56 Å². The van der Waals surface area contributed by atoms with Crippen molar-refractivity contribution >= 4 is 35.0 Å². The van der Waals surface area contributed by atoms with Gasteiger partial charge in [0.1, 0.15) is 18.2 Å². The van der Waals surface area contributed by atoms with Gasteiger partial charge in [-0.15, -0.1) is 0 Å². The van der Waals surface area contributed by atoms with Crippen LogP contribution in [0.25, 0.3) is 6.08 Å². The first-order valence-corrected chi connectivity index (χ1v) is 14.3. The Bertz CT molecular complexity index is 1770. The topological polar surface area (TPSA) is 69.9 Å². The fourth-order valence-electron chi connectivity index (χ4n) is 4.49. The Kier molecular flexibility index (Phi) is 8.52. The lowest BCUT2D eigenvalue weighted by atomic mass is 9.96. The summed E-state index contributed by atoms with van der Waals surface area (Å²) < 4.78 is 27.8. The number of esters is 1. The summed E-state index contributed by atoms with van der Waals surface area (Å²) in [6, 6.07) is 20.6. The molecule has 0 fully saturated rings. The zero-order valence-corrected chi connectivity index (χ0v) is 24.3. The van der Waals surface area contributed by atoms with Crippen LogP contribution in [0, 0.1) is 11.7 Å². The van der Waals surface area contributed by atoms with Gasteiger partial charge < -0.3 is 9.47 Å². The Morgan fingerprint density at radius 2 is 1.83 bits per heavy atom. The molecule has 2 heterocycles. The predicted molar refractivity (Wildman–Crippen MR) is 158 cm³/mol. The molecule has 1 aliphatic rings. The van der Waals surface area contributed by atoms with Gasteiger partial charge in [-0.1, -0.05) is 85.3 Å². The number of ether oxygens (including phenoxy) is 2. The lowest BCUT2D eigenvalue weighted by molar-refractivity contribution is -0.140. The lowest BCUT2D eigenvalue weighted by Gasteiger charge is -2.25. The highest BCUT2D eigenvalue weighted by Crippen LogP contribution is 2.32. The second-order valence-electron chi connectivity index (χ2n) is 10.1. The Balaban J connectivity index is 1.58. The van der Waals surface area contributed by atoms with E-state index in [1.807, 2.05) is 56.3 Å². The van der Waals surface area contributed by atoms with Crippen LogP contribution in [0.3, 0.4) is 0 Å². The summed E-state index contributed by atoms with van der Waals surface area (Å²) in [5, 5.41) is 0.188. The van der Waals surface area contributed by atoms with E-state index in [4.69, 9.17) is 21.1 Å². The van der Waals surface area contributed by atoms with E-state index >= 15 is 0 Å². The van der Waals surface area contributed by atoms with Crippen LogP contribution in [0.2, 0.25) is 5.02 Å². The molecule has 1 aromatic heterocycles. The van der Waals surface area contributed by atoms with E-state index in [1.165, 1.54) is 22.8 Å². The van der Waals surface area contributed by atoms with Crippen LogP contribution in [0.5, 0.6) is 5.75 Å². The van der Waals surface area contributed by atoms with Gasteiger partial charge >= 0.3 is 5.97 Å². The number of carbonyl (C=O) groups excluding carboxylic acids is 1. The van der Waals surface area contributed by atoms with Crippen LogP contribution < -0.4 is 19.6 Å². The summed E-state index contributed by atoms with van der Waals surface area (Å²) in [4.78, 5) is 32.2. The molecule has 9 heteroatoms. The molecule has 0 saturated carbocycles. The maximum absolute atomic E-state index is 14.6. The first kappa shape index (κ1) is 28.5. The molecule has 210 valence electrons. The van der Waals surface area contributed by atoms with E-state index < -0.39 is 23.4 Å². The van der Waals surface area contributed by atoms with E-state index in [0.29, 0.717) is 28.4 Å². The minimum atomic E-state index is -0.799. The first-order valence-electron chi connectivity index (χ1n) is 13.1. The number of allylic oxidation sites excluding steroid dienone is 1. The monoisotopic (exact) mass is 590 g/mol. The summed E-state index contributed by atoms with van der Waals surface area (Å²) in [6.45, 7) is 6.25. The van der Waals surface area contributed by atoms with Crippen LogP contribution in [0.15, 0.2) is 93.9 Å². The molecule has 0 amide bonds. The van der Waals surface area contributed by atoms with Crippen LogP contribution in [-0.4, -0.2) is 17.1 Å². The minimum absolute atomic E-state index is 0.114. The van der Waals surface area contributed by atoms with Crippen molar-refractivity contribution < 1.29 is 18.7 Å². The van der Waals surface area contributed by atoms with Crippen molar-refractivity contribution in [3.63, 3.8) is 0 Å². The van der Waals surface area contributed by atoms with E-state index in [1.54, 1.807) is 25.1 Å². The van der Waals surface area contributed by atoms with Crippen molar-refractivity contribution in [3.8, 4) is 5.75 Å². The van der Waals surface area contributed by atoms with Gasteiger partial charge in [0, 0.05) is 5.56 Å². The third kappa shape index (κ3) is 6.19. The molecule has 5 rings (SSSR count). The maximum atomic E-state index is 14.6. The van der Waals surface area contributed by atoms with Crippen LogP contribution in [0.1, 0.15) is 43.5 Å². The Morgan fingerprint density at radius 1 is 1.10 bits per heavy atom. The first-order chi connectivity index (χ1) is 19.7. The van der Waals surface area contributed by atoms with Gasteiger partial charge in [-0.25, -0.2) is 14.2 Å². The van der Waals surface area contributed by atoms with E-state index in [2.05, 4.69) is 4.99 Å². The number of aromatic nitrogens is 1. The molecule has 1 unspecified atom stereocenters. The summed E-state index contributed by atoms with van der Waals surface area (Å²) in [6.07, 6.45) is 1.43. The van der Waals surface area contributed by atoms with Crippen LogP contribution in [-0.2, 0) is 16.1 Å². The molecule has 1 aliphatic heterocycles. The fourth-order valence-corrected chi connectivity index (χ4v) is 5.73. The molecule has 0 radical (unpaired) electrons. The van der Waals surface area contributed by atoms with Crippen molar-refractivity contribution in [2.45, 2.75) is 33.4 Å². The van der Waals surface area contributed by atoms with Gasteiger partial charge in [0.2, 0.25) is 0 Å². The van der Waals surface area contributed by atoms with Gasteiger partial charge in [-0.05, 0) is 54.3 Å². The number of carbonyl (C=O) groups is 1. The van der Waals surface area contributed by atoms with Gasteiger partial charge in [0.05, 0.1) is 33.5 Å². The Hall–Kier alpha value is -4.01. The average molecular weight is 591 g/mol. The zero-order valence-electron chi connectivity index (χ0n) is 22.8. The number of halogens is 2.